The van der Waals surface area contributed by atoms with E-state index in [9.17, 15) is 8.78 Å². The van der Waals surface area contributed by atoms with Crippen molar-refractivity contribution in [3.63, 3.8) is 0 Å². The van der Waals surface area contributed by atoms with Gasteiger partial charge in [0.05, 0.1) is 0 Å². The normalized spacial score (nSPS) is 10.8. The van der Waals surface area contributed by atoms with E-state index in [1.807, 2.05) is 16.7 Å². The van der Waals surface area contributed by atoms with Crippen molar-refractivity contribution >= 4 is 11.8 Å². The second-order valence-electron chi connectivity index (χ2n) is 4.94. The average molecular weight is 344 g/mol. The molecule has 0 aliphatic carbocycles. The fraction of sp³-hybridized carbons (Fsp3) is 0.118. The molecule has 0 aliphatic rings. The fourth-order valence-corrected chi connectivity index (χ4v) is 3.13. The lowest BCUT2D eigenvalue weighted by molar-refractivity contribution is 0.502. The molecule has 0 bridgehead atoms. The van der Waals surface area contributed by atoms with Crippen molar-refractivity contribution in [1.29, 1.82) is 0 Å². The number of aromatic nitrogens is 4. The summed E-state index contributed by atoms with van der Waals surface area (Å²) >= 11 is 1.30. The van der Waals surface area contributed by atoms with Crippen LogP contribution in [0, 0.1) is 11.6 Å². The molecule has 4 nitrogen and oxygen atoms in total. The molecule has 2 heterocycles. The first-order valence-corrected chi connectivity index (χ1v) is 8.19. The molecule has 0 spiro atoms. The largest absolute Gasteiger partial charge is 0.298 e. The third-order valence-electron chi connectivity index (χ3n) is 3.36. The third kappa shape index (κ3) is 3.35. The summed E-state index contributed by atoms with van der Waals surface area (Å²) in [4.78, 5) is 3.99. The van der Waals surface area contributed by atoms with Gasteiger partial charge in [0.25, 0.3) is 0 Å². The van der Waals surface area contributed by atoms with E-state index in [1.165, 1.54) is 17.8 Å². The minimum absolute atomic E-state index is 0.259. The summed E-state index contributed by atoms with van der Waals surface area (Å²) in [5.74, 6) is -0.735. The lowest BCUT2D eigenvalue weighted by Gasteiger charge is -2.08. The summed E-state index contributed by atoms with van der Waals surface area (Å²) in [7, 11) is 0. The van der Waals surface area contributed by atoms with Gasteiger partial charge in [0.15, 0.2) is 22.6 Å². The van der Waals surface area contributed by atoms with E-state index in [4.69, 9.17) is 0 Å². The van der Waals surface area contributed by atoms with Crippen LogP contribution in [0.15, 0.2) is 60.5 Å². The lowest BCUT2D eigenvalue weighted by atomic mass is 10.2. The Bertz CT molecular complexity index is 849. The SMILES string of the molecule is C=CCn1c(SCc2cccc(F)c2F)nnc1-c1ccncc1. The summed E-state index contributed by atoms with van der Waals surface area (Å²) in [6.07, 6.45) is 5.09. The molecule has 122 valence electrons. The Balaban J connectivity index is 1.87. The molecule has 7 heteroatoms. The van der Waals surface area contributed by atoms with Crippen molar-refractivity contribution in [2.75, 3.05) is 0 Å². The minimum Gasteiger partial charge on any atom is -0.298 e. The molecule has 0 aliphatic heterocycles. The van der Waals surface area contributed by atoms with Crippen LogP contribution >= 0.6 is 11.8 Å². The molecule has 24 heavy (non-hydrogen) atoms. The number of rotatable bonds is 6. The van der Waals surface area contributed by atoms with Crippen molar-refractivity contribution in [3.8, 4) is 11.4 Å². The van der Waals surface area contributed by atoms with Gasteiger partial charge in [-0.2, -0.15) is 0 Å². The first-order valence-electron chi connectivity index (χ1n) is 7.21. The van der Waals surface area contributed by atoms with Crippen LogP contribution in [0.3, 0.4) is 0 Å². The maximum absolute atomic E-state index is 13.8. The number of halogens is 2. The predicted octanol–water partition coefficient (Wildman–Crippen LogP) is 4.10. The fourth-order valence-electron chi connectivity index (χ4n) is 2.21. The van der Waals surface area contributed by atoms with Crippen LogP contribution in [0.2, 0.25) is 0 Å². The molecule has 0 atom stereocenters. The second kappa shape index (κ2) is 7.35. The Kier molecular flexibility index (Phi) is 5.00. The summed E-state index contributed by atoms with van der Waals surface area (Å²) in [6.45, 7) is 4.26. The van der Waals surface area contributed by atoms with Crippen molar-refractivity contribution in [2.24, 2.45) is 0 Å². The first kappa shape index (κ1) is 16.3. The van der Waals surface area contributed by atoms with Crippen LogP contribution in [0.1, 0.15) is 5.56 Å². The van der Waals surface area contributed by atoms with Gasteiger partial charge in [-0.25, -0.2) is 8.78 Å². The van der Waals surface area contributed by atoms with Crippen LogP contribution in [-0.4, -0.2) is 19.7 Å². The number of hydrogen-bond donors (Lipinski definition) is 0. The number of pyridine rings is 1. The van der Waals surface area contributed by atoms with Crippen LogP contribution in [-0.2, 0) is 12.3 Å². The summed E-state index contributed by atoms with van der Waals surface area (Å²) in [5, 5.41) is 8.99. The van der Waals surface area contributed by atoms with E-state index in [0.29, 0.717) is 23.1 Å². The molecule has 0 saturated heterocycles. The summed E-state index contributed by atoms with van der Waals surface area (Å²) < 4.78 is 28.9. The van der Waals surface area contributed by atoms with Gasteiger partial charge in [0.1, 0.15) is 0 Å². The van der Waals surface area contributed by atoms with E-state index >= 15 is 0 Å². The maximum atomic E-state index is 13.8. The molecule has 0 N–H and O–H groups in total. The van der Waals surface area contributed by atoms with E-state index < -0.39 is 11.6 Å². The zero-order chi connectivity index (χ0) is 16.9. The van der Waals surface area contributed by atoms with E-state index in [0.717, 1.165) is 11.6 Å². The van der Waals surface area contributed by atoms with Gasteiger partial charge in [0.2, 0.25) is 0 Å². The Morgan fingerprint density at radius 3 is 2.67 bits per heavy atom. The van der Waals surface area contributed by atoms with Crippen LogP contribution in [0.4, 0.5) is 8.78 Å². The van der Waals surface area contributed by atoms with E-state index in [1.54, 1.807) is 24.5 Å². The average Bonchev–Trinajstić information content (AvgIpc) is 3.00. The molecule has 0 radical (unpaired) electrons. The standard InChI is InChI=1S/C17H14F2N4S/c1-2-10-23-16(12-6-8-20-9-7-12)21-22-17(23)24-11-13-4-3-5-14(18)15(13)19/h2-9H,1,10-11H2. The molecule has 0 unspecified atom stereocenters. The highest BCUT2D eigenvalue weighted by Crippen LogP contribution is 2.27. The zero-order valence-corrected chi connectivity index (χ0v) is 13.5. The van der Waals surface area contributed by atoms with E-state index in [2.05, 4.69) is 21.8 Å². The molecular weight excluding hydrogens is 330 g/mol. The molecule has 0 amide bonds. The molecule has 3 rings (SSSR count). The highest BCUT2D eigenvalue weighted by atomic mass is 32.2. The van der Waals surface area contributed by atoms with Gasteiger partial charge in [-0.15, -0.1) is 16.8 Å². The van der Waals surface area contributed by atoms with Gasteiger partial charge in [-0.3, -0.25) is 9.55 Å². The minimum atomic E-state index is -0.849. The topological polar surface area (TPSA) is 43.6 Å². The second-order valence-corrected chi connectivity index (χ2v) is 5.89. The molecule has 2 aromatic heterocycles. The number of hydrogen-bond acceptors (Lipinski definition) is 4. The van der Waals surface area contributed by atoms with Gasteiger partial charge in [0, 0.05) is 35.8 Å². The molecule has 0 saturated carbocycles. The first-order chi connectivity index (χ1) is 11.7. The van der Waals surface area contributed by atoms with Gasteiger partial charge >= 0.3 is 0 Å². The van der Waals surface area contributed by atoms with Gasteiger partial charge in [-0.05, 0) is 18.2 Å². The van der Waals surface area contributed by atoms with Gasteiger partial charge < -0.3 is 0 Å². The van der Waals surface area contributed by atoms with Crippen molar-refractivity contribution in [3.05, 3.63) is 72.6 Å². The van der Waals surface area contributed by atoms with Crippen LogP contribution in [0.25, 0.3) is 11.4 Å². The smallest absolute Gasteiger partial charge is 0.192 e. The Morgan fingerprint density at radius 1 is 1.12 bits per heavy atom. The molecule has 1 aromatic carbocycles. The Hall–Kier alpha value is -2.54. The number of allylic oxidation sites excluding steroid dienone is 1. The zero-order valence-electron chi connectivity index (χ0n) is 12.7. The van der Waals surface area contributed by atoms with Gasteiger partial charge in [-0.1, -0.05) is 30.0 Å². The van der Waals surface area contributed by atoms with Crippen molar-refractivity contribution in [1.82, 2.24) is 19.7 Å². The number of nitrogens with zero attached hydrogens (tertiary/aromatic N) is 4. The Morgan fingerprint density at radius 2 is 1.92 bits per heavy atom. The maximum Gasteiger partial charge on any atom is 0.192 e. The van der Waals surface area contributed by atoms with E-state index in [-0.39, 0.29) is 5.75 Å². The number of thioether (sulfide) groups is 1. The molecule has 3 aromatic rings. The van der Waals surface area contributed by atoms with Crippen LogP contribution in [0.5, 0.6) is 0 Å². The molecule has 0 fully saturated rings. The number of benzene rings is 1. The lowest BCUT2D eigenvalue weighted by Crippen LogP contribution is -2.01. The monoisotopic (exact) mass is 344 g/mol. The third-order valence-corrected chi connectivity index (χ3v) is 4.37. The van der Waals surface area contributed by atoms with Crippen molar-refractivity contribution in [2.45, 2.75) is 17.5 Å². The predicted molar refractivity (Wildman–Crippen MR) is 89.4 cm³/mol. The summed E-state index contributed by atoms with van der Waals surface area (Å²) in [6, 6.07) is 7.83. The highest BCUT2D eigenvalue weighted by molar-refractivity contribution is 7.98. The Labute approximate surface area is 142 Å². The highest BCUT2D eigenvalue weighted by Gasteiger charge is 2.15. The molecular formula is C17H14F2N4S. The quantitative estimate of drug-likeness (QED) is 0.499. The van der Waals surface area contributed by atoms with Crippen LogP contribution < -0.4 is 0 Å². The summed E-state index contributed by atoms with van der Waals surface area (Å²) in [5.41, 5.74) is 1.17. The van der Waals surface area contributed by atoms with Crippen molar-refractivity contribution < 1.29 is 8.78 Å².